The molecule has 1 heterocycles. The highest BCUT2D eigenvalue weighted by atomic mass is 19.1. The highest BCUT2D eigenvalue weighted by Crippen LogP contribution is 2.26. The number of benzene rings is 2. The van der Waals surface area contributed by atoms with Crippen molar-refractivity contribution in [1.29, 1.82) is 0 Å². The van der Waals surface area contributed by atoms with Crippen LogP contribution in [0.1, 0.15) is 25.0 Å². The first-order valence-corrected chi connectivity index (χ1v) is 9.28. The third-order valence-electron chi connectivity index (χ3n) is 5.18. The molecule has 0 amide bonds. The Kier molecular flexibility index (Phi) is 6.12. The first-order chi connectivity index (χ1) is 13.4. The van der Waals surface area contributed by atoms with Gasteiger partial charge in [0, 0.05) is 19.1 Å². The van der Waals surface area contributed by atoms with Gasteiger partial charge in [0.1, 0.15) is 35.8 Å². The maximum absolute atomic E-state index is 13.4. The van der Waals surface area contributed by atoms with Gasteiger partial charge >= 0.3 is 0 Å². The van der Waals surface area contributed by atoms with Crippen LogP contribution in [0, 0.1) is 18.6 Å². The van der Waals surface area contributed by atoms with E-state index in [-0.39, 0.29) is 30.4 Å². The normalized spacial score (nSPS) is 20.2. The number of nitrogens with zero attached hydrogens (tertiary/aromatic N) is 2. The monoisotopic (exact) mass is 386 g/mol. The Morgan fingerprint density at radius 3 is 2.50 bits per heavy atom. The summed E-state index contributed by atoms with van der Waals surface area (Å²) in [5.74, 6) is 2.12. The lowest BCUT2D eigenvalue weighted by molar-refractivity contribution is 0.0285. The zero-order valence-corrected chi connectivity index (χ0v) is 16.3. The van der Waals surface area contributed by atoms with Crippen LogP contribution in [-0.4, -0.2) is 41.1 Å². The molecule has 28 heavy (non-hydrogen) atoms. The molecule has 2 atom stereocenters. The Bertz CT molecular complexity index is 879. The molecule has 6 heteroatoms. The predicted octanol–water partition coefficient (Wildman–Crippen LogP) is 3.92. The minimum Gasteiger partial charge on any atom is -0.478 e. The number of hydrogen-bond donors (Lipinski definition) is 0. The highest BCUT2D eigenvalue weighted by Gasteiger charge is 2.34. The Balaban J connectivity index is 1.69. The predicted molar refractivity (Wildman–Crippen MR) is 103 cm³/mol. The van der Waals surface area contributed by atoms with Crippen molar-refractivity contribution in [3.63, 3.8) is 0 Å². The minimum absolute atomic E-state index is 0.0521. The number of hydrogen-bond acceptors (Lipinski definition) is 4. The molecule has 3 rings (SSSR count). The van der Waals surface area contributed by atoms with Crippen LogP contribution in [0.2, 0.25) is 0 Å². The maximum atomic E-state index is 13.4. The summed E-state index contributed by atoms with van der Waals surface area (Å²) in [5.41, 5.74) is 2.00. The second-order valence-corrected chi connectivity index (χ2v) is 7.22. The average molecular weight is 386 g/mol. The lowest BCUT2D eigenvalue weighted by Gasteiger charge is -2.45. The maximum Gasteiger partial charge on any atom is 0.147 e. The summed E-state index contributed by atoms with van der Waals surface area (Å²) >= 11 is 0. The number of piperazine rings is 1. The lowest BCUT2D eigenvalue weighted by atomic mass is 10.0. The van der Waals surface area contributed by atoms with E-state index in [2.05, 4.69) is 5.94 Å². The van der Waals surface area contributed by atoms with Crippen LogP contribution < -0.4 is 4.74 Å². The molecule has 2 aromatic carbocycles. The van der Waals surface area contributed by atoms with Gasteiger partial charge in [-0.1, -0.05) is 12.1 Å². The molecule has 1 aliphatic rings. The minimum atomic E-state index is -0.283. The summed E-state index contributed by atoms with van der Waals surface area (Å²) in [5, 5.41) is 0. The zero-order chi connectivity index (χ0) is 20.3. The molecule has 0 spiro atoms. The van der Waals surface area contributed by atoms with Crippen LogP contribution in [-0.2, 0) is 11.3 Å². The van der Waals surface area contributed by atoms with E-state index in [0.717, 1.165) is 5.56 Å². The summed E-state index contributed by atoms with van der Waals surface area (Å²) in [6, 6.07) is 10.8. The molecule has 1 saturated heterocycles. The lowest BCUT2D eigenvalue weighted by Crippen LogP contribution is -2.55. The SMILES string of the molecule is Cc1cc(OCN2C[C@@H](C)N(Cc3ccc(F)cc3)C(=C=O)[C@@H]2C)ccc1F. The third kappa shape index (κ3) is 4.41. The van der Waals surface area contributed by atoms with Gasteiger partial charge in [0.15, 0.2) is 0 Å². The number of halogens is 2. The molecule has 0 unspecified atom stereocenters. The van der Waals surface area contributed by atoms with Crippen molar-refractivity contribution >= 4 is 5.94 Å². The zero-order valence-electron chi connectivity index (χ0n) is 16.3. The van der Waals surface area contributed by atoms with Gasteiger partial charge in [-0.25, -0.2) is 13.6 Å². The summed E-state index contributed by atoms with van der Waals surface area (Å²) in [7, 11) is 0. The van der Waals surface area contributed by atoms with Gasteiger partial charge < -0.3 is 9.64 Å². The number of ether oxygens (including phenoxy) is 1. The van der Waals surface area contributed by atoms with Gasteiger partial charge in [-0.15, -0.1) is 0 Å². The van der Waals surface area contributed by atoms with Crippen LogP contribution in [0.3, 0.4) is 0 Å². The third-order valence-corrected chi connectivity index (χ3v) is 5.18. The smallest absolute Gasteiger partial charge is 0.147 e. The first-order valence-electron chi connectivity index (χ1n) is 9.28. The van der Waals surface area contributed by atoms with E-state index in [0.29, 0.717) is 30.1 Å². The molecule has 1 aliphatic heterocycles. The Labute approximate surface area is 164 Å². The second-order valence-electron chi connectivity index (χ2n) is 7.22. The molecule has 0 aliphatic carbocycles. The van der Waals surface area contributed by atoms with E-state index in [4.69, 9.17) is 4.74 Å². The van der Waals surface area contributed by atoms with Crippen LogP contribution in [0.25, 0.3) is 0 Å². The molecule has 0 saturated carbocycles. The van der Waals surface area contributed by atoms with Crippen LogP contribution in [0.4, 0.5) is 8.78 Å². The Morgan fingerprint density at radius 1 is 1.14 bits per heavy atom. The van der Waals surface area contributed by atoms with Gasteiger partial charge in [0.25, 0.3) is 0 Å². The van der Waals surface area contributed by atoms with Crippen molar-refractivity contribution in [2.24, 2.45) is 0 Å². The largest absolute Gasteiger partial charge is 0.478 e. The van der Waals surface area contributed by atoms with Crippen LogP contribution in [0.15, 0.2) is 48.2 Å². The number of rotatable bonds is 5. The topological polar surface area (TPSA) is 32.8 Å². The molecular formula is C22H24F2N2O2. The molecule has 0 bridgehead atoms. The van der Waals surface area contributed by atoms with Gasteiger partial charge in [0.2, 0.25) is 0 Å². The molecule has 0 aromatic heterocycles. The van der Waals surface area contributed by atoms with Crippen molar-refractivity contribution in [3.05, 3.63) is 70.9 Å². The summed E-state index contributed by atoms with van der Waals surface area (Å²) in [4.78, 5) is 15.7. The molecule has 0 radical (unpaired) electrons. The van der Waals surface area contributed by atoms with Gasteiger partial charge in [-0.3, -0.25) is 4.90 Å². The Morgan fingerprint density at radius 2 is 1.86 bits per heavy atom. The average Bonchev–Trinajstić information content (AvgIpc) is 2.68. The van der Waals surface area contributed by atoms with Crippen molar-refractivity contribution in [2.75, 3.05) is 13.3 Å². The number of aryl methyl sites for hydroxylation is 1. The second kappa shape index (κ2) is 8.55. The molecule has 0 N–H and O–H groups in total. The van der Waals surface area contributed by atoms with E-state index >= 15 is 0 Å². The fourth-order valence-corrected chi connectivity index (χ4v) is 3.45. The van der Waals surface area contributed by atoms with Crippen molar-refractivity contribution in [1.82, 2.24) is 9.80 Å². The van der Waals surface area contributed by atoms with E-state index in [1.165, 1.54) is 18.2 Å². The number of carbonyl (C=O) groups excluding carboxylic acids is 1. The van der Waals surface area contributed by atoms with Crippen molar-refractivity contribution in [2.45, 2.75) is 39.4 Å². The molecule has 148 valence electrons. The fourth-order valence-electron chi connectivity index (χ4n) is 3.45. The van der Waals surface area contributed by atoms with Crippen molar-refractivity contribution < 1.29 is 18.3 Å². The Hall–Kier alpha value is -2.69. The van der Waals surface area contributed by atoms with Gasteiger partial charge in [-0.05, 0) is 62.2 Å². The summed E-state index contributed by atoms with van der Waals surface area (Å²) < 4.78 is 32.4. The highest BCUT2D eigenvalue weighted by molar-refractivity contribution is 5.54. The first kappa shape index (κ1) is 20.1. The molecular weight excluding hydrogens is 362 g/mol. The van der Waals surface area contributed by atoms with E-state index in [1.54, 1.807) is 31.2 Å². The summed E-state index contributed by atoms with van der Waals surface area (Å²) in [6.07, 6.45) is 0. The van der Waals surface area contributed by atoms with E-state index < -0.39 is 0 Å². The van der Waals surface area contributed by atoms with Crippen LogP contribution in [0.5, 0.6) is 5.75 Å². The molecule has 1 fully saturated rings. The van der Waals surface area contributed by atoms with Crippen molar-refractivity contribution in [3.8, 4) is 5.75 Å². The summed E-state index contributed by atoms with van der Waals surface area (Å²) in [6.45, 7) is 7.14. The van der Waals surface area contributed by atoms with Gasteiger partial charge in [0.05, 0.1) is 6.04 Å². The van der Waals surface area contributed by atoms with Crippen LogP contribution >= 0.6 is 0 Å². The van der Waals surface area contributed by atoms with Gasteiger partial charge in [-0.2, -0.15) is 0 Å². The molecule has 2 aromatic rings. The molecule has 4 nitrogen and oxygen atoms in total. The standard InChI is InChI=1S/C22H24F2N2O2/c1-15-10-20(8-9-21(15)24)28-14-25-11-16(2)26(22(13-27)17(25)3)12-18-4-6-19(23)7-5-18/h4-10,16-17H,11-12,14H2,1-3H3/t16-,17+/m1/s1. The quantitative estimate of drug-likeness (QED) is 0.730. The van der Waals surface area contributed by atoms with E-state index in [9.17, 15) is 13.6 Å². The van der Waals surface area contributed by atoms with E-state index in [1.807, 2.05) is 23.6 Å². The fraction of sp³-hybridized carbons (Fsp3) is 0.364.